The van der Waals surface area contributed by atoms with E-state index in [1.807, 2.05) is 7.05 Å². The highest BCUT2D eigenvalue weighted by molar-refractivity contribution is 7.13. The number of nitrogens with zero attached hydrogens (tertiary/aromatic N) is 3. The topological polar surface area (TPSA) is 31.4 Å². The molecule has 0 saturated carbocycles. The first-order valence-corrected chi connectivity index (χ1v) is 7.84. The summed E-state index contributed by atoms with van der Waals surface area (Å²) in [6.45, 7) is 9.82. The maximum atomic E-state index is 4.78. The summed E-state index contributed by atoms with van der Waals surface area (Å²) in [5.41, 5.74) is 1.14. The molecule has 1 aromatic heterocycles. The van der Waals surface area contributed by atoms with Crippen molar-refractivity contribution in [1.82, 2.24) is 15.2 Å². The summed E-state index contributed by atoms with van der Waals surface area (Å²) in [4.78, 5) is 9.40. The Kier molecular flexibility index (Phi) is 6.75. The molecule has 0 bridgehead atoms. The fourth-order valence-corrected chi connectivity index (χ4v) is 2.75. The lowest BCUT2D eigenvalue weighted by Gasteiger charge is -2.25. The van der Waals surface area contributed by atoms with Crippen molar-refractivity contribution in [3.63, 3.8) is 0 Å². The molecule has 110 valence electrons. The SMILES string of the molecule is CNC(C)c1csc(N(CCN(C)C)CC(C)C)n1. The van der Waals surface area contributed by atoms with Gasteiger partial charge in [-0.05, 0) is 34.0 Å². The number of hydrogen-bond donors (Lipinski definition) is 1. The van der Waals surface area contributed by atoms with E-state index in [-0.39, 0.29) is 0 Å². The molecule has 5 heteroatoms. The van der Waals surface area contributed by atoms with Gasteiger partial charge in [-0.25, -0.2) is 4.98 Å². The van der Waals surface area contributed by atoms with Crippen LogP contribution in [-0.4, -0.2) is 50.7 Å². The highest BCUT2D eigenvalue weighted by Crippen LogP contribution is 2.24. The van der Waals surface area contributed by atoms with E-state index in [1.165, 1.54) is 0 Å². The Hall–Kier alpha value is -0.650. The third-order valence-electron chi connectivity index (χ3n) is 3.06. The van der Waals surface area contributed by atoms with Gasteiger partial charge in [0.25, 0.3) is 0 Å². The van der Waals surface area contributed by atoms with E-state index in [0.717, 1.165) is 30.5 Å². The van der Waals surface area contributed by atoms with Gasteiger partial charge in [0.2, 0.25) is 0 Å². The van der Waals surface area contributed by atoms with Gasteiger partial charge in [-0.1, -0.05) is 13.8 Å². The molecular formula is C14H28N4S. The Morgan fingerprint density at radius 3 is 2.47 bits per heavy atom. The fourth-order valence-electron chi connectivity index (χ4n) is 1.79. The zero-order valence-electron chi connectivity index (χ0n) is 13.1. The molecule has 19 heavy (non-hydrogen) atoms. The van der Waals surface area contributed by atoms with Crippen LogP contribution in [0.4, 0.5) is 5.13 Å². The fraction of sp³-hybridized carbons (Fsp3) is 0.786. The monoisotopic (exact) mass is 284 g/mol. The molecule has 0 aromatic carbocycles. The van der Waals surface area contributed by atoms with Crippen molar-refractivity contribution in [2.75, 3.05) is 45.7 Å². The van der Waals surface area contributed by atoms with Crippen molar-refractivity contribution in [2.45, 2.75) is 26.8 Å². The second-order valence-electron chi connectivity index (χ2n) is 5.71. The lowest BCUT2D eigenvalue weighted by molar-refractivity contribution is 0.409. The molecule has 1 aromatic rings. The quantitative estimate of drug-likeness (QED) is 0.794. The van der Waals surface area contributed by atoms with E-state index in [4.69, 9.17) is 4.98 Å². The van der Waals surface area contributed by atoms with Crippen molar-refractivity contribution in [3.05, 3.63) is 11.1 Å². The second kappa shape index (κ2) is 7.82. The standard InChI is InChI=1S/C14H28N4S/c1-11(2)9-18(8-7-17(5)6)14-16-13(10-19-14)12(3)15-4/h10-12,15H,7-9H2,1-6H3. The largest absolute Gasteiger partial charge is 0.347 e. The average molecular weight is 284 g/mol. The van der Waals surface area contributed by atoms with Crippen molar-refractivity contribution < 1.29 is 0 Å². The van der Waals surface area contributed by atoms with Crippen LogP contribution in [0.25, 0.3) is 0 Å². The molecule has 0 amide bonds. The first-order chi connectivity index (χ1) is 8.93. The Bertz CT molecular complexity index is 362. The molecule has 0 aliphatic carbocycles. The normalized spacial score (nSPS) is 13.3. The summed E-state index contributed by atoms with van der Waals surface area (Å²) in [6.07, 6.45) is 0. The van der Waals surface area contributed by atoms with Crippen LogP contribution in [0.3, 0.4) is 0 Å². The third-order valence-corrected chi connectivity index (χ3v) is 3.98. The van der Waals surface area contributed by atoms with Crippen LogP contribution in [0.2, 0.25) is 0 Å². The first-order valence-electron chi connectivity index (χ1n) is 6.96. The van der Waals surface area contributed by atoms with Gasteiger partial charge >= 0.3 is 0 Å². The number of anilines is 1. The maximum Gasteiger partial charge on any atom is 0.185 e. The van der Waals surface area contributed by atoms with Crippen LogP contribution >= 0.6 is 11.3 Å². The van der Waals surface area contributed by atoms with Gasteiger partial charge in [0.05, 0.1) is 5.69 Å². The molecule has 1 unspecified atom stereocenters. The molecule has 0 aliphatic heterocycles. The predicted molar refractivity (Wildman–Crippen MR) is 85.2 cm³/mol. The van der Waals surface area contributed by atoms with Crippen molar-refractivity contribution in [3.8, 4) is 0 Å². The van der Waals surface area contributed by atoms with Crippen LogP contribution in [0.1, 0.15) is 32.5 Å². The lowest BCUT2D eigenvalue weighted by Crippen LogP contribution is -2.34. The van der Waals surface area contributed by atoms with E-state index in [0.29, 0.717) is 12.0 Å². The zero-order valence-corrected chi connectivity index (χ0v) is 13.9. The highest BCUT2D eigenvalue weighted by Gasteiger charge is 2.15. The number of aromatic nitrogens is 1. The van der Waals surface area contributed by atoms with E-state index in [9.17, 15) is 0 Å². The number of thiazole rings is 1. The summed E-state index contributed by atoms with van der Waals surface area (Å²) in [6, 6.07) is 0.319. The van der Waals surface area contributed by atoms with Crippen LogP contribution in [-0.2, 0) is 0 Å². The molecule has 4 nitrogen and oxygen atoms in total. The van der Waals surface area contributed by atoms with Gasteiger partial charge in [0.1, 0.15) is 0 Å². The van der Waals surface area contributed by atoms with Gasteiger partial charge in [-0.2, -0.15) is 0 Å². The van der Waals surface area contributed by atoms with Gasteiger partial charge in [-0.3, -0.25) is 0 Å². The molecule has 0 saturated heterocycles. The first kappa shape index (κ1) is 16.4. The minimum Gasteiger partial charge on any atom is -0.347 e. The second-order valence-corrected chi connectivity index (χ2v) is 6.54. The number of nitrogens with one attached hydrogen (secondary N) is 1. The molecular weight excluding hydrogens is 256 g/mol. The summed E-state index contributed by atoms with van der Waals surface area (Å²) in [7, 11) is 6.20. The van der Waals surface area contributed by atoms with Crippen LogP contribution in [0.5, 0.6) is 0 Å². The minimum atomic E-state index is 0.319. The zero-order chi connectivity index (χ0) is 14.4. The average Bonchev–Trinajstić information content (AvgIpc) is 2.82. The number of rotatable bonds is 8. The van der Waals surface area contributed by atoms with E-state index in [2.05, 4.69) is 55.4 Å². The Morgan fingerprint density at radius 2 is 1.95 bits per heavy atom. The Morgan fingerprint density at radius 1 is 1.26 bits per heavy atom. The smallest absolute Gasteiger partial charge is 0.185 e. The molecule has 0 aliphatic rings. The van der Waals surface area contributed by atoms with E-state index < -0.39 is 0 Å². The Balaban J connectivity index is 2.75. The van der Waals surface area contributed by atoms with Crippen molar-refractivity contribution in [2.24, 2.45) is 5.92 Å². The Labute approximate surface area is 121 Å². The van der Waals surface area contributed by atoms with Gasteiger partial charge in [0.15, 0.2) is 5.13 Å². The van der Waals surface area contributed by atoms with Crippen LogP contribution in [0.15, 0.2) is 5.38 Å². The summed E-state index contributed by atoms with van der Waals surface area (Å²) >= 11 is 1.75. The van der Waals surface area contributed by atoms with Gasteiger partial charge < -0.3 is 15.1 Å². The molecule has 1 atom stereocenters. The van der Waals surface area contributed by atoms with Crippen LogP contribution < -0.4 is 10.2 Å². The summed E-state index contributed by atoms with van der Waals surface area (Å²) in [5.74, 6) is 0.649. The predicted octanol–water partition coefficient (Wildman–Crippen LogP) is 2.45. The van der Waals surface area contributed by atoms with E-state index >= 15 is 0 Å². The molecule has 1 heterocycles. The van der Waals surface area contributed by atoms with Crippen molar-refractivity contribution >= 4 is 16.5 Å². The van der Waals surface area contributed by atoms with Gasteiger partial charge in [0, 0.05) is 31.1 Å². The molecule has 0 fully saturated rings. The highest BCUT2D eigenvalue weighted by atomic mass is 32.1. The molecule has 0 radical (unpaired) electrons. The minimum absolute atomic E-state index is 0.319. The molecule has 0 spiro atoms. The van der Waals surface area contributed by atoms with E-state index in [1.54, 1.807) is 11.3 Å². The number of likely N-dealkylation sites (N-methyl/N-ethyl adjacent to an activating group) is 1. The number of hydrogen-bond acceptors (Lipinski definition) is 5. The summed E-state index contributed by atoms with van der Waals surface area (Å²) in [5, 5.41) is 6.55. The molecule has 1 rings (SSSR count). The van der Waals surface area contributed by atoms with Gasteiger partial charge in [-0.15, -0.1) is 11.3 Å². The summed E-state index contributed by atoms with van der Waals surface area (Å²) < 4.78 is 0. The third kappa shape index (κ3) is 5.47. The lowest BCUT2D eigenvalue weighted by atomic mass is 10.2. The molecule has 1 N–H and O–H groups in total. The van der Waals surface area contributed by atoms with Crippen molar-refractivity contribution in [1.29, 1.82) is 0 Å². The maximum absolute atomic E-state index is 4.78. The van der Waals surface area contributed by atoms with Crippen LogP contribution in [0, 0.1) is 5.92 Å².